The molecule has 0 aliphatic carbocycles. The number of nitrogens with zero attached hydrogens (tertiary/aromatic N) is 2. The topological polar surface area (TPSA) is 17.8 Å². The van der Waals surface area contributed by atoms with E-state index in [9.17, 15) is 0 Å². The fourth-order valence-corrected chi connectivity index (χ4v) is 5.38. The van der Waals surface area contributed by atoms with Crippen molar-refractivity contribution in [2.45, 2.75) is 0 Å². The number of fused-ring (bicyclic) bond motifs is 3. The van der Waals surface area contributed by atoms with E-state index in [2.05, 4.69) is 65.9 Å². The van der Waals surface area contributed by atoms with Crippen LogP contribution in [0.4, 0.5) is 0 Å². The molecule has 0 radical (unpaired) electrons. The SMILES string of the molecule is c1ccc(-n2cc(-c3ccc4[se]c5ccccc5c4c3)cn2)cc1. The van der Waals surface area contributed by atoms with E-state index in [4.69, 9.17) is 0 Å². The number of benzene rings is 3. The van der Waals surface area contributed by atoms with E-state index in [1.807, 2.05) is 29.1 Å². The number of hydrogen-bond donors (Lipinski definition) is 0. The summed E-state index contributed by atoms with van der Waals surface area (Å²) in [7, 11) is 0. The molecule has 24 heavy (non-hydrogen) atoms. The van der Waals surface area contributed by atoms with Crippen molar-refractivity contribution >= 4 is 33.8 Å². The molecule has 114 valence electrons. The number of para-hydroxylation sites is 1. The minimum atomic E-state index is 0.429. The molecule has 0 fully saturated rings. The Hall–Kier alpha value is -2.61. The molecule has 0 aliphatic heterocycles. The van der Waals surface area contributed by atoms with E-state index in [-0.39, 0.29) is 0 Å². The van der Waals surface area contributed by atoms with E-state index < -0.39 is 0 Å². The molecule has 0 aliphatic rings. The summed E-state index contributed by atoms with van der Waals surface area (Å²) < 4.78 is 4.89. The maximum atomic E-state index is 4.52. The van der Waals surface area contributed by atoms with Gasteiger partial charge in [-0.05, 0) is 0 Å². The van der Waals surface area contributed by atoms with E-state index in [1.165, 1.54) is 24.9 Å². The van der Waals surface area contributed by atoms with Crippen molar-refractivity contribution in [3.63, 3.8) is 0 Å². The van der Waals surface area contributed by atoms with Gasteiger partial charge in [-0.1, -0.05) is 0 Å². The zero-order valence-electron chi connectivity index (χ0n) is 12.9. The summed E-state index contributed by atoms with van der Waals surface area (Å²) in [5.74, 6) is 0. The van der Waals surface area contributed by atoms with Crippen molar-refractivity contribution in [3.05, 3.63) is 85.2 Å². The van der Waals surface area contributed by atoms with Crippen LogP contribution in [-0.2, 0) is 0 Å². The Kier molecular flexibility index (Phi) is 3.15. The Morgan fingerprint density at radius 3 is 2.42 bits per heavy atom. The van der Waals surface area contributed by atoms with Gasteiger partial charge in [0.15, 0.2) is 0 Å². The van der Waals surface area contributed by atoms with Crippen LogP contribution < -0.4 is 0 Å². The monoisotopic (exact) mass is 374 g/mol. The Labute approximate surface area is 145 Å². The van der Waals surface area contributed by atoms with Crippen molar-refractivity contribution in [1.82, 2.24) is 9.78 Å². The van der Waals surface area contributed by atoms with Crippen molar-refractivity contribution in [2.24, 2.45) is 0 Å². The molecular formula is C21H14N2Se. The molecule has 3 aromatic carbocycles. The molecule has 2 aromatic heterocycles. The summed E-state index contributed by atoms with van der Waals surface area (Å²) in [4.78, 5) is 0. The maximum absolute atomic E-state index is 4.52. The first-order valence-corrected chi connectivity index (χ1v) is 9.61. The van der Waals surface area contributed by atoms with Crippen LogP contribution in [-0.4, -0.2) is 24.3 Å². The fourth-order valence-electron chi connectivity index (χ4n) is 3.10. The third-order valence-corrected chi connectivity index (χ3v) is 6.73. The van der Waals surface area contributed by atoms with Crippen molar-refractivity contribution in [1.29, 1.82) is 0 Å². The van der Waals surface area contributed by atoms with Gasteiger partial charge in [0.1, 0.15) is 0 Å². The number of hydrogen-bond acceptors (Lipinski definition) is 1. The van der Waals surface area contributed by atoms with Gasteiger partial charge in [0.25, 0.3) is 0 Å². The zero-order valence-corrected chi connectivity index (χ0v) is 14.6. The van der Waals surface area contributed by atoms with Crippen molar-refractivity contribution in [3.8, 4) is 16.8 Å². The van der Waals surface area contributed by atoms with E-state index >= 15 is 0 Å². The molecule has 3 heteroatoms. The summed E-state index contributed by atoms with van der Waals surface area (Å²) in [6.07, 6.45) is 4.05. The Bertz CT molecular complexity index is 1150. The average molecular weight is 373 g/mol. The van der Waals surface area contributed by atoms with Crippen molar-refractivity contribution in [2.75, 3.05) is 0 Å². The Morgan fingerprint density at radius 2 is 1.50 bits per heavy atom. The second-order valence-electron chi connectivity index (χ2n) is 5.82. The quantitative estimate of drug-likeness (QED) is 0.403. The Morgan fingerprint density at radius 1 is 0.708 bits per heavy atom. The predicted octanol–water partition coefficient (Wildman–Crippen LogP) is 4.90. The van der Waals surface area contributed by atoms with E-state index in [1.54, 1.807) is 0 Å². The molecular weight excluding hydrogens is 359 g/mol. The van der Waals surface area contributed by atoms with Gasteiger partial charge >= 0.3 is 146 Å². The van der Waals surface area contributed by atoms with Crippen LogP contribution in [0.15, 0.2) is 85.2 Å². The molecule has 0 saturated carbocycles. The first-order valence-electron chi connectivity index (χ1n) is 7.90. The summed E-state index contributed by atoms with van der Waals surface area (Å²) in [5.41, 5.74) is 3.46. The molecule has 0 unspecified atom stereocenters. The van der Waals surface area contributed by atoms with Crippen LogP contribution in [0.5, 0.6) is 0 Å². The first kappa shape index (κ1) is 13.8. The molecule has 2 heterocycles. The predicted molar refractivity (Wildman–Crippen MR) is 101 cm³/mol. The fraction of sp³-hybridized carbons (Fsp3) is 0. The van der Waals surface area contributed by atoms with Crippen LogP contribution in [0.25, 0.3) is 36.1 Å². The summed E-state index contributed by atoms with van der Waals surface area (Å²) >= 11 is 0.429. The first-order chi connectivity index (χ1) is 11.9. The third-order valence-electron chi connectivity index (χ3n) is 4.31. The Balaban J connectivity index is 1.64. The van der Waals surface area contributed by atoms with Crippen LogP contribution in [0.2, 0.25) is 0 Å². The standard InChI is InChI=1S/C21H14N2Se/c1-2-6-17(7-3-1)23-14-16(13-22-23)15-10-11-21-19(12-15)18-8-4-5-9-20(18)24-21/h1-14H. The van der Waals surface area contributed by atoms with E-state index in [0.717, 1.165) is 11.3 Å². The molecule has 0 spiro atoms. The van der Waals surface area contributed by atoms with Crippen LogP contribution in [0.1, 0.15) is 0 Å². The molecule has 0 bridgehead atoms. The van der Waals surface area contributed by atoms with Gasteiger partial charge in [-0.25, -0.2) is 0 Å². The second kappa shape index (κ2) is 5.48. The molecule has 0 amide bonds. The molecule has 0 saturated heterocycles. The van der Waals surface area contributed by atoms with Gasteiger partial charge in [0, 0.05) is 0 Å². The van der Waals surface area contributed by atoms with Gasteiger partial charge in [-0.3, -0.25) is 0 Å². The molecule has 0 N–H and O–H groups in total. The van der Waals surface area contributed by atoms with Gasteiger partial charge in [0.2, 0.25) is 0 Å². The van der Waals surface area contributed by atoms with Gasteiger partial charge in [-0.15, -0.1) is 0 Å². The summed E-state index contributed by atoms with van der Waals surface area (Å²) in [6, 6.07) is 25.8. The van der Waals surface area contributed by atoms with E-state index in [0.29, 0.717) is 14.5 Å². The number of rotatable bonds is 2. The van der Waals surface area contributed by atoms with Crippen LogP contribution >= 0.6 is 0 Å². The van der Waals surface area contributed by atoms with Gasteiger partial charge in [-0.2, -0.15) is 0 Å². The van der Waals surface area contributed by atoms with Gasteiger partial charge in [0.05, 0.1) is 0 Å². The van der Waals surface area contributed by atoms with Crippen molar-refractivity contribution < 1.29 is 0 Å². The molecule has 2 nitrogen and oxygen atoms in total. The van der Waals surface area contributed by atoms with Gasteiger partial charge < -0.3 is 0 Å². The average Bonchev–Trinajstić information content (AvgIpc) is 3.27. The third kappa shape index (κ3) is 2.22. The zero-order chi connectivity index (χ0) is 15.9. The van der Waals surface area contributed by atoms with Crippen LogP contribution in [0, 0.1) is 0 Å². The van der Waals surface area contributed by atoms with Crippen LogP contribution in [0.3, 0.4) is 0 Å². The number of aromatic nitrogens is 2. The normalized spacial score (nSPS) is 11.3. The second-order valence-corrected chi connectivity index (χ2v) is 8.09. The summed E-state index contributed by atoms with van der Waals surface area (Å²) in [5, 5.41) is 7.30. The summed E-state index contributed by atoms with van der Waals surface area (Å²) in [6.45, 7) is 0. The molecule has 0 atom stereocenters. The molecule has 5 rings (SSSR count). The minimum absolute atomic E-state index is 0.429. The molecule has 5 aromatic rings.